The van der Waals surface area contributed by atoms with Crippen molar-refractivity contribution in [1.82, 2.24) is 9.97 Å². The predicted molar refractivity (Wildman–Crippen MR) is 75.6 cm³/mol. The first-order valence-corrected chi connectivity index (χ1v) is 6.54. The van der Waals surface area contributed by atoms with Crippen molar-refractivity contribution in [3.63, 3.8) is 0 Å². The van der Waals surface area contributed by atoms with E-state index >= 15 is 0 Å². The first-order chi connectivity index (χ1) is 8.83. The van der Waals surface area contributed by atoms with Crippen LogP contribution in [-0.4, -0.2) is 9.97 Å². The number of hydrogen-bond donors (Lipinski definition) is 2. The average molecular weight is 256 g/mol. The van der Waals surface area contributed by atoms with Crippen molar-refractivity contribution >= 4 is 34.0 Å². The first kappa shape index (κ1) is 11.0. The standard InChI is InChI=1S/C13H12N4S/c14-12-13(15-7-9-5-6-18-8-9)17-11-4-2-1-3-10(11)16-12/h1-6,8H,7H2,(H2,14,16)(H,15,17). The van der Waals surface area contributed by atoms with E-state index in [1.807, 2.05) is 29.6 Å². The highest BCUT2D eigenvalue weighted by Gasteiger charge is 2.05. The molecular weight excluding hydrogens is 244 g/mol. The molecule has 0 unspecified atom stereocenters. The summed E-state index contributed by atoms with van der Waals surface area (Å²) in [5.74, 6) is 1.07. The monoisotopic (exact) mass is 256 g/mol. The normalized spacial score (nSPS) is 10.7. The maximum atomic E-state index is 5.89. The van der Waals surface area contributed by atoms with Gasteiger partial charge in [-0.3, -0.25) is 0 Å². The molecule has 90 valence electrons. The molecule has 4 nitrogen and oxygen atoms in total. The van der Waals surface area contributed by atoms with Crippen LogP contribution in [0.15, 0.2) is 41.1 Å². The predicted octanol–water partition coefficient (Wildman–Crippen LogP) is 2.89. The van der Waals surface area contributed by atoms with Crippen molar-refractivity contribution in [3.05, 3.63) is 46.7 Å². The van der Waals surface area contributed by atoms with E-state index in [1.54, 1.807) is 11.3 Å². The lowest BCUT2D eigenvalue weighted by molar-refractivity contribution is 1.12. The number of para-hydroxylation sites is 2. The molecule has 0 aliphatic rings. The Morgan fingerprint density at radius 3 is 2.61 bits per heavy atom. The molecule has 0 aliphatic carbocycles. The highest BCUT2D eigenvalue weighted by atomic mass is 32.1. The Balaban J connectivity index is 1.89. The number of benzene rings is 1. The Bertz CT molecular complexity index is 664. The molecule has 5 heteroatoms. The van der Waals surface area contributed by atoms with Crippen LogP contribution < -0.4 is 11.1 Å². The molecule has 2 aromatic heterocycles. The number of hydrogen-bond acceptors (Lipinski definition) is 5. The van der Waals surface area contributed by atoms with Crippen LogP contribution in [0.2, 0.25) is 0 Å². The fraction of sp³-hybridized carbons (Fsp3) is 0.0769. The fourth-order valence-electron chi connectivity index (χ4n) is 1.72. The van der Waals surface area contributed by atoms with E-state index in [9.17, 15) is 0 Å². The molecule has 0 spiro atoms. The van der Waals surface area contributed by atoms with Gasteiger partial charge in [0.15, 0.2) is 11.6 Å². The molecule has 0 amide bonds. The topological polar surface area (TPSA) is 63.8 Å². The number of aromatic nitrogens is 2. The maximum absolute atomic E-state index is 5.89. The minimum Gasteiger partial charge on any atom is -0.381 e. The Kier molecular flexibility index (Phi) is 2.82. The van der Waals surface area contributed by atoms with Crippen molar-refractivity contribution in [2.45, 2.75) is 6.54 Å². The Morgan fingerprint density at radius 1 is 1.11 bits per heavy atom. The molecule has 1 aromatic carbocycles. The van der Waals surface area contributed by atoms with Crippen LogP contribution in [0.1, 0.15) is 5.56 Å². The third-order valence-electron chi connectivity index (χ3n) is 2.64. The van der Waals surface area contributed by atoms with Gasteiger partial charge in [0.25, 0.3) is 0 Å². The number of rotatable bonds is 3. The van der Waals surface area contributed by atoms with E-state index in [2.05, 4.69) is 26.7 Å². The van der Waals surface area contributed by atoms with Crippen LogP contribution in [-0.2, 0) is 6.54 Å². The second-order valence-corrected chi connectivity index (χ2v) is 4.71. The van der Waals surface area contributed by atoms with Crippen LogP contribution in [0.25, 0.3) is 11.0 Å². The zero-order valence-electron chi connectivity index (χ0n) is 9.63. The number of nitrogen functional groups attached to an aromatic ring is 1. The summed E-state index contributed by atoms with van der Waals surface area (Å²) in [6, 6.07) is 9.77. The smallest absolute Gasteiger partial charge is 0.169 e. The minimum atomic E-state index is 0.434. The molecule has 3 aromatic rings. The lowest BCUT2D eigenvalue weighted by atomic mass is 10.3. The molecular formula is C13H12N4S. The van der Waals surface area contributed by atoms with Crippen LogP contribution in [0.3, 0.4) is 0 Å². The van der Waals surface area contributed by atoms with Gasteiger partial charge in [0, 0.05) is 6.54 Å². The molecule has 0 aliphatic heterocycles. The number of fused-ring (bicyclic) bond motifs is 1. The second kappa shape index (κ2) is 4.62. The Hall–Kier alpha value is -2.14. The molecule has 0 saturated heterocycles. The van der Waals surface area contributed by atoms with E-state index in [-0.39, 0.29) is 0 Å². The molecule has 0 saturated carbocycles. The summed E-state index contributed by atoms with van der Waals surface area (Å²) in [6.07, 6.45) is 0. The fourth-order valence-corrected chi connectivity index (χ4v) is 2.39. The third-order valence-corrected chi connectivity index (χ3v) is 3.37. The SMILES string of the molecule is Nc1nc2ccccc2nc1NCc1ccsc1. The van der Waals surface area contributed by atoms with E-state index in [4.69, 9.17) is 5.73 Å². The van der Waals surface area contributed by atoms with E-state index in [0.29, 0.717) is 18.2 Å². The summed E-state index contributed by atoms with van der Waals surface area (Å²) in [5, 5.41) is 7.36. The summed E-state index contributed by atoms with van der Waals surface area (Å²) >= 11 is 1.67. The number of nitrogens with one attached hydrogen (secondary N) is 1. The quantitative estimate of drug-likeness (QED) is 0.756. The summed E-state index contributed by atoms with van der Waals surface area (Å²) in [5.41, 5.74) is 8.77. The number of nitrogens with zero attached hydrogens (tertiary/aromatic N) is 2. The molecule has 2 heterocycles. The highest BCUT2D eigenvalue weighted by Crippen LogP contribution is 2.19. The number of thiophene rings is 1. The van der Waals surface area contributed by atoms with Crippen molar-refractivity contribution in [1.29, 1.82) is 0 Å². The lowest BCUT2D eigenvalue weighted by Crippen LogP contribution is -2.06. The average Bonchev–Trinajstić information content (AvgIpc) is 2.89. The summed E-state index contributed by atoms with van der Waals surface area (Å²) in [7, 11) is 0. The van der Waals surface area contributed by atoms with Crippen molar-refractivity contribution < 1.29 is 0 Å². The van der Waals surface area contributed by atoms with Crippen molar-refractivity contribution in [3.8, 4) is 0 Å². The molecule has 0 bridgehead atoms. The first-order valence-electron chi connectivity index (χ1n) is 5.60. The zero-order chi connectivity index (χ0) is 12.4. The molecule has 0 radical (unpaired) electrons. The van der Waals surface area contributed by atoms with Crippen LogP contribution in [0.4, 0.5) is 11.6 Å². The molecule has 0 fully saturated rings. The van der Waals surface area contributed by atoms with Gasteiger partial charge in [-0.15, -0.1) is 0 Å². The summed E-state index contributed by atoms with van der Waals surface area (Å²) in [6.45, 7) is 0.709. The largest absolute Gasteiger partial charge is 0.381 e. The molecule has 3 N–H and O–H groups in total. The summed E-state index contributed by atoms with van der Waals surface area (Å²) in [4.78, 5) is 8.81. The summed E-state index contributed by atoms with van der Waals surface area (Å²) < 4.78 is 0. The van der Waals surface area contributed by atoms with E-state index < -0.39 is 0 Å². The number of anilines is 2. The van der Waals surface area contributed by atoms with Crippen LogP contribution in [0, 0.1) is 0 Å². The van der Waals surface area contributed by atoms with Gasteiger partial charge in [-0.2, -0.15) is 11.3 Å². The molecule has 0 atom stereocenters. The van der Waals surface area contributed by atoms with Gasteiger partial charge in [0.05, 0.1) is 11.0 Å². The molecule has 3 rings (SSSR count). The van der Waals surface area contributed by atoms with Gasteiger partial charge in [-0.05, 0) is 34.5 Å². The van der Waals surface area contributed by atoms with Crippen molar-refractivity contribution in [2.24, 2.45) is 0 Å². The Morgan fingerprint density at radius 2 is 1.89 bits per heavy atom. The van der Waals surface area contributed by atoms with E-state index in [0.717, 1.165) is 11.0 Å². The Labute approximate surface area is 109 Å². The zero-order valence-corrected chi connectivity index (χ0v) is 10.4. The van der Waals surface area contributed by atoms with E-state index in [1.165, 1.54) is 5.56 Å². The number of nitrogens with two attached hydrogens (primary N) is 1. The van der Waals surface area contributed by atoms with Crippen LogP contribution >= 0.6 is 11.3 Å². The van der Waals surface area contributed by atoms with Gasteiger partial charge in [-0.25, -0.2) is 9.97 Å². The van der Waals surface area contributed by atoms with Crippen LogP contribution in [0.5, 0.6) is 0 Å². The van der Waals surface area contributed by atoms with Gasteiger partial charge in [0.1, 0.15) is 0 Å². The molecule has 18 heavy (non-hydrogen) atoms. The van der Waals surface area contributed by atoms with Gasteiger partial charge < -0.3 is 11.1 Å². The lowest BCUT2D eigenvalue weighted by Gasteiger charge is -2.08. The second-order valence-electron chi connectivity index (χ2n) is 3.93. The van der Waals surface area contributed by atoms with Gasteiger partial charge >= 0.3 is 0 Å². The minimum absolute atomic E-state index is 0.434. The van der Waals surface area contributed by atoms with Gasteiger partial charge in [-0.1, -0.05) is 12.1 Å². The maximum Gasteiger partial charge on any atom is 0.169 e. The van der Waals surface area contributed by atoms with Crippen molar-refractivity contribution in [2.75, 3.05) is 11.1 Å². The third kappa shape index (κ3) is 2.12. The van der Waals surface area contributed by atoms with Gasteiger partial charge in [0.2, 0.25) is 0 Å². The highest BCUT2D eigenvalue weighted by molar-refractivity contribution is 7.07.